The normalized spacial score (nSPS) is 31.3. The fourth-order valence-corrected chi connectivity index (χ4v) is 5.56. The number of rotatable bonds is 6. The lowest BCUT2D eigenvalue weighted by Gasteiger charge is -2.48. The van der Waals surface area contributed by atoms with Crippen molar-refractivity contribution < 1.29 is 23.8 Å². The third kappa shape index (κ3) is 3.36. The van der Waals surface area contributed by atoms with Crippen LogP contribution in [-0.4, -0.2) is 63.4 Å². The zero-order valence-electron chi connectivity index (χ0n) is 17.1. The Balaban J connectivity index is 1.19. The number of aromatic nitrogens is 3. The third-order valence-electron chi connectivity index (χ3n) is 7.63. The molecular formula is C21H27F2N5O3. The first-order valence-electron chi connectivity index (χ1n) is 10.8. The highest BCUT2D eigenvalue weighted by Crippen LogP contribution is 2.56. The quantitative estimate of drug-likeness (QED) is 0.549. The second-order valence-corrected chi connectivity index (χ2v) is 9.49. The molecule has 3 fully saturated rings. The van der Waals surface area contributed by atoms with Gasteiger partial charge in [-0.05, 0) is 49.5 Å². The highest BCUT2D eigenvalue weighted by molar-refractivity contribution is 5.87. The Morgan fingerprint density at radius 1 is 1.29 bits per heavy atom. The molecule has 3 heterocycles. The summed E-state index contributed by atoms with van der Waals surface area (Å²) >= 11 is 0. The van der Waals surface area contributed by atoms with E-state index in [1.165, 1.54) is 0 Å². The van der Waals surface area contributed by atoms with Crippen LogP contribution in [0.1, 0.15) is 32.1 Å². The van der Waals surface area contributed by atoms with Crippen LogP contribution in [0.15, 0.2) is 18.6 Å². The number of aromatic amines is 1. The maximum atomic E-state index is 13.3. The predicted octanol–water partition coefficient (Wildman–Crippen LogP) is 1.65. The van der Waals surface area contributed by atoms with Gasteiger partial charge in [-0.2, -0.15) is 0 Å². The Morgan fingerprint density at radius 2 is 2.03 bits per heavy atom. The van der Waals surface area contributed by atoms with E-state index in [-0.39, 0.29) is 36.0 Å². The Kier molecular flexibility index (Phi) is 4.89. The Hall–Kier alpha value is -2.33. The summed E-state index contributed by atoms with van der Waals surface area (Å²) in [5, 5.41) is 22.3. The molecule has 3 aliphatic rings. The van der Waals surface area contributed by atoms with E-state index in [0.717, 1.165) is 36.2 Å². The standard InChI is InChI=1S/C21H27F2N5O3/c22-18(30)21(19(23)31)7-12(8-21)9-25-17(29)14-2-6-28(10-20(14)3-4-20)16-13-1-5-24-15(13)26-11-27-16/h1,5,11-12,14,18-19,30-31H,2-4,6-10H2,(H,25,29)(H,24,26,27). The number of halogens is 2. The van der Waals surface area contributed by atoms with Crippen LogP contribution in [0.25, 0.3) is 11.0 Å². The lowest BCUT2D eigenvalue weighted by atomic mass is 9.61. The molecule has 8 nitrogen and oxygen atoms in total. The van der Waals surface area contributed by atoms with Crippen LogP contribution >= 0.6 is 0 Å². The van der Waals surface area contributed by atoms with Crippen LogP contribution in [0.4, 0.5) is 14.6 Å². The summed E-state index contributed by atoms with van der Waals surface area (Å²) in [6, 6.07) is 1.96. The molecule has 1 spiro atoms. The molecule has 1 amide bonds. The van der Waals surface area contributed by atoms with Crippen molar-refractivity contribution in [1.29, 1.82) is 0 Å². The molecule has 1 saturated heterocycles. The van der Waals surface area contributed by atoms with Crippen molar-refractivity contribution in [2.24, 2.45) is 22.7 Å². The molecule has 2 aliphatic carbocycles. The molecule has 0 aromatic carbocycles. The maximum absolute atomic E-state index is 13.3. The predicted molar refractivity (Wildman–Crippen MR) is 108 cm³/mol. The van der Waals surface area contributed by atoms with Gasteiger partial charge in [0.2, 0.25) is 18.6 Å². The molecule has 4 N–H and O–H groups in total. The van der Waals surface area contributed by atoms with Gasteiger partial charge in [-0.3, -0.25) is 4.79 Å². The number of H-pyrrole nitrogens is 1. The van der Waals surface area contributed by atoms with E-state index in [4.69, 9.17) is 0 Å². The summed E-state index contributed by atoms with van der Waals surface area (Å²) in [4.78, 5) is 27.0. The first kappa shape index (κ1) is 20.6. The monoisotopic (exact) mass is 435 g/mol. The number of carbonyl (C=O) groups excluding carboxylic acids is 1. The van der Waals surface area contributed by atoms with Crippen molar-refractivity contribution in [3.05, 3.63) is 18.6 Å². The topological polar surface area (TPSA) is 114 Å². The van der Waals surface area contributed by atoms with Gasteiger partial charge in [0, 0.05) is 31.7 Å². The average Bonchev–Trinajstić information content (AvgIpc) is 3.28. The van der Waals surface area contributed by atoms with E-state index in [9.17, 15) is 23.8 Å². The van der Waals surface area contributed by atoms with Crippen molar-refractivity contribution in [1.82, 2.24) is 20.3 Å². The van der Waals surface area contributed by atoms with Gasteiger partial charge < -0.3 is 25.4 Å². The lowest BCUT2D eigenvalue weighted by Crippen LogP contribution is -2.55. The number of aliphatic hydroxyl groups excluding tert-OH is 2. The van der Waals surface area contributed by atoms with Crippen molar-refractivity contribution in [2.75, 3.05) is 24.5 Å². The van der Waals surface area contributed by atoms with Gasteiger partial charge in [-0.1, -0.05) is 0 Å². The van der Waals surface area contributed by atoms with Crippen LogP contribution in [0, 0.1) is 22.7 Å². The zero-order chi connectivity index (χ0) is 21.8. The third-order valence-corrected chi connectivity index (χ3v) is 7.63. The van der Waals surface area contributed by atoms with Gasteiger partial charge in [-0.15, -0.1) is 0 Å². The largest absolute Gasteiger partial charge is 0.363 e. The van der Waals surface area contributed by atoms with E-state index in [2.05, 4.69) is 25.2 Å². The molecule has 10 heteroatoms. The van der Waals surface area contributed by atoms with Crippen molar-refractivity contribution >= 4 is 22.8 Å². The van der Waals surface area contributed by atoms with Crippen molar-refractivity contribution in [3.8, 4) is 0 Å². The fourth-order valence-electron chi connectivity index (χ4n) is 5.56. The molecule has 2 aromatic heterocycles. The first-order chi connectivity index (χ1) is 14.8. The van der Waals surface area contributed by atoms with E-state index in [1.54, 1.807) is 6.33 Å². The molecule has 31 heavy (non-hydrogen) atoms. The molecule has 3 atom stereocenters. The fraction of sp³-hybridized carbons (Fsp3) is 0.667. The number of piperidine rings is 1. The van der Waals surface area contributed by atoms with E-state index < -0.39 is 18.1 Å². The lowest BCUT2D eigenvalue weighted by molar-refractivity contribution is -0.228. The number of amides is 1. The number of carbonyl (C=O) groups is 1. The minimum absolute atomic E-state index is 0.00652. The average molecular weight is 435 g/mol. The van der Waals surface area contributed by atoms with Gasteiger partial charge in [0.1, 0.15) is 17.8 Å². The number of hydrogen-bond donors (Lipinski definition) is 4. The van der Waals surface area contributed by atoms with Crippen LogP contribution in [-0.2, 0) is 4.79 Å². The zero-order valence-corrected chi connectivity index (χ0v) is 17.1. The summed E-state index contributed by atoms with van der Waals surface area (Å²) in [5.41, 5.74) is -1.02. The Labute approximate surface area is 178 Å². The van der Waals surface area contributed by atoms with E-state index >= 15 is 0 Å². The number of nitrogens with one attached hydrogen (secondary N) is 2. The minimum atomic E-state index is -2.41. The van der Waals surface area contributed by atoms with Gasteiger partial charge >= 0.3 is 0 Å². The van der Waals surface area contributed by atoms with Crippen LogP contribution in [0.2, 0.25) is 0 Å². The number of aliphatic hydroxyl groups is 2. The SMILES string of the molecule is O=C(NCC1CC(C(O)F)(C(O)F)C1)C1CCN(c2ncnc3[nH]ccc23)CC12CC2. The Morgan fingerprint density at radius 3 is 2.71 bits per heavy atom. The van der Waals surface area contributed by atoms with Gasteiger partial charge in [-0.25, -0.2) is 18.7 Å². The highest BCUT2D eigenvalue weighted by Gasteiger charge is 2.57. The van der Waals surface area contributed by atoms with Gasteiger partial charge in [0.05, 0.1) is 10.8 Å². The van der Waals surface area contributed by atoms with E-state index in [0.29, 0.717) is 19.5 Å². The van der Waals surface area contributed by atoms with Crippen molar-refractivity contribution in [2.45, 2.75) is 44.8 Å². The summed E-state index contributed by atoms with van der Waals surface area (Å²) in [6.07, 6.45) is 1.26. The van der Waals surface area contributed by atoms with Gasteiger partial charge in [0.25, 0.3) is 0 Å². The number of alkyl halides is 2. The molecule has 2 aromatic rings. The molecule has 2 saturated carbocycles. The van der Waals surface area contributed by atoms with E-state index in [1.807, 2.05) is 12.3 Å². The first-order valence-corrected chi connectivity index (χ1v) is 10.8. The number of hydrogen-bond acceptors (Lipinski definition) is 6. The summed E-state index contributed by atoms with van der Waals surface area (Å²) in [7, 11) is 0. The molecule has 5 rings (SSSR count). The van der Waals surface area contributed by atoms with Crippen molar-refractivity contribution in [3.63, 3.8) is 0 Å². The number of nitrogens with zero attached hydrogens (tertiary/aromatic N) is 3. The van der Waals surface area contributed by atoms with Crippen LogP contribution in [0.5, 0.6) is 0 Å². The molecule has 1 aliphatic heterocycles. The maximum Gasteiger partial charge on any atom is 0.223 e. The summed E-state index contributed by atoms with van der Waals surface area (Å²) in [6.45, 7) is 1.77. The van der Waals surface area contributed by atoms with Crippen LogP contribution < -0.4 is 10.2 Å². The van der Waals surface area contributed by atoms with Gasteiger partial charge in [0.15, 0.2) is 0 Å². The summed E-state index contributed by atoms with van der Waals surface area (Å²) in [5.74, 6) is 0.607. The highest BCUT2D eigenvalue weighted by atomic mass is 19.2. The Bertz CT molecular complexity index is 961. The molecule has 168 valence electrons. The van der Waals surface area contributed by atoms with Crippen LogP contribution in [0.3, 0.4) is 0 Å². The number of anilines is 1. The molecule has 3 unspecified atom stereocenters. The molecular weight excluding hydrogens is 408 g/mol. The molecule has 0 bridgehead atoms. The second-order valence-electron chi connectivity index (χ2n) is 9.49. The summed E-state index contributed by atoms with van der Waals surface area (Å²) < 4.78 is 26.7. The number of fused-ring (bicyclic) bond motifs is 1. The molecule has 0 radical (unpaired) electrons. The smallest absolute Gasteiger partial charge is 0.223 e. The minimum Gasteiger partial charge on any atom is -0.363 e. The second kappa shape index (κ2) is 7.37.